The van der Waals surface area contributed by atoms with Crippen molar-refractivity contribution in [2.24, 2.45) is 16.6 Å². The van der Waals surface area contributed by atoms with E-state index in [9.17, 15) is 9.18 Å². The van der Waals surface area contributed by atoms with E-state index in [1.165, 1.54) is 6.07 Å². The molecule has 0 spiro atoms. The predicted molar refractivity (Wildman–Crippen MR) is 106 cm³/mol. The van der Waals surface area contributed by atoms with Crippen LogP contribution in [-0.4, -0.2) is 36.1 Å². The number of hydrogen-bond acceptors (Lipinski definition) is 6. The second kappa shape index (κ2) is 7.55. The molecule has 6 nitrogen and oxygen atoms in total. The summed E-state index contributed by atoms with van der Waals surface area (Å²) in [7, 11) is 0. The lowest BCUT2D eigenvalue weighted by Gasteiger charge is -2.45. The molecular formula is C22H24FN3O3. The standard InChI is InChI=1S/C22H24FN3O3/c1-13-3-6-18(25-11-13)19(27)10-14-4-5-17(23)15(9-14)22(2)16-12-28-8-7-20(16)29-21(24)26-22/h3-6,9,11,16,20H,7-8,10,12H2,1-2H3,(H2,24,26)/t16?,20?,22-/m1/s1. The number of amidine groups is 1. The molecule has 2 N–H and O–H groups in total. The molecule has 0 saturated carbocycles. The molecule has 0 amide bonds. The number of benzene rings is 1. The van der Waals surface area contributed by atoms with E-state index in [-0.39, 0.29) is 36.1 Å². The summed E-state index contributed by atoms with van der Waals surface area (Å²) in [6, 6.07) is 8.31. The number of Topliss-reactive ketones (excluding diaryl/α,β-unsaturated/α-hetero) is 1. The van der Waals surface area contributed by atoms with Crippen LogP contribution >= 0.6 is 0 Å². The maximum absolute atomic E-state index is 14.9. The van der Waals surface area contributed by atoms with E-state index in [4.69, 9.17) is 15.2 Å². The van der Waals surface area contributed by atoms with Crippen LogP contribution in [0.5, 0.6) is 0 Å². The SMILES string of the molecule is Cc1ccc(C(=O)Cc2ccc(F)c([C@@]3(C)N=C(N)OC4CCOCC43)c2)nc1. The molecule has 1 aromatic heterocycles. The number of ether oxygens (including phenoxy) is 2. The van der Waals surface area contributed by atoms with Crippen LogP contribution in [0.4, 0.5) is 4.39 Å². The summed E-state index contributed by atoms with van der Waals surface area (Å²) in [5.74, 6) is -0.677. The number of pyridine rings is 1. The number of carbonyl (C=O) groups excluding carboxylic acids is 1. The number of ketones is 1. The highest BCUT2D eigenvalue weighted by Crippen LogP contribution is 2.43. The van der Waals surface area contributed by atoms with E-state index in [0.29, 0.717) is 36.5 Å². The van der Waals surface area contributed by atoms with Gasteiger partial charge in [-0.2, -0.15) is 0 Å². The fourth-order valence-electron chi connectivity index (χ4n) is 4.12. The molecule has 2 aromatic rings. The Hall–Kier alpha value is -2.80. The van der Waals surface area contributed by atoms with Crippen molar-refractivity contribution in [1.29, 1.82) is 0 Å². The largest absolute Gasteiger partial charge is 0.462 e. The molecule has 3 heterocycles. The highest BCUT2D eigenvalue weighted by atomic mass is 19.1. The summed E-state index contributed by atoms with van der Waals surface area (Å²) in [6.07, 6.45) is 2.29. The molecule has 1 aromatic carbocycles. The number of hydrogen-bond donors (Lipinski definition) is 1. The Balaban J connectivity index is 1.66. The summed E-state index contributed by atoms with van der Waals surface area (Å²) in [5, 5.41) is 0. The van der Waals surface area contributed by atoms with Crippen LogP contribution in [0.25, 0.3) is 0 Å². The number of nitrogens with two attached hydrogens (primary N) is 1. The van der Waals surface area contributed by atoms with Crippen LogP contribution in [0.3, 0.4) is 0 Å². The first-order chi connectivity index (χ1) is 13.9. The van der Waals surface area contributed by atoms with Gasteiger partial charge in [-0.25, -0.2) is 9.38 Å². The van der Waals surface area contributed by atoms with Crippen molar-refractivity contribution in [3.05, 3.63) is 64.7 Å². The van der Waals surface area contributed by atoms with Crippen molar-refractivity contribution in [1.82, 2.24) is 4.98 Å². The van der Waals surface area contributed by atoms with E-state index < -0.39 is 5.54 Å². The summed E-state index contributed by atoms with van der Waals surface area (Å²) in [6.45, 7) is 4.75. The number of nitrogens with zero attached hydrogens (tertiary/aromatic N) is 2. The van der Waals surface area contributed by atoms with Crippen molar-refractivity contribution < 1.29 is 18.7 Å². The van der Waals surface area contributed by atoms with Gasteiger partial charge in [-0.05, 0) is 43.2 Å². The lowest BCUT2D eigenvalue weighted by molar-refractivity contribution is -0.0699. The van der Waals surface area contributed by atoms with Crippen molar-refractivity contribution in [3.63, 3.8) is 0 Å². The van der Waals surface area contributed by atoms with Crippen LogP contribution in [0.1, 0.15) is 40.5 Å². The van der Waals surface area contributed by atoms with Gasteiger partial charge in [0.2, 0.25) is 0 Å². The Morgan fingerprint density at radius 3 is 2.93 bits per heavy atom. The molecular weight excluding hydrogens is 373 g/mol. The number of aryl methyl sites for hydroxylation is 1. The Bertz CT molecular complexity index is 960. The van der Waals surface area contributed by atoms with Gasteiger partial charge < -0.3 is 15.2 Å². The smallest absolute Gasteiger partial charge is 0.283 e. The molecule has 0 radical (unpaired) electrons. The molecule has 2 aliphatic heterocycles. The maximum Gasteiger partial charge on any atom is 0.283 e. The third kappa shape index (κ3) is 3.74. The van der Waals surface area contributed by atoms with Gasteiger partial charge in [0, 0.05) is 30.5 Å². The van der Waals surface area contributed by atoms with E-state index in [2.05, 4.69) is 9.98 Å². The molecule has 4 rings (SSSR count). The van der Waals surface area contributed by atoms with Gasteiger partial charge in [0.1, 0.15) is 17.6 Å². The average molecular weight is 397 g/mol. The van der Waals surface area contributed by atoms with Crippen LogP contribution in [0.15, 0.2) is 41.5 Å². The Kier molecular flexibility index (Phi) is 5.08. The van der Waals surface area contributed by atoms with Gasteiger partial charge >= 0.3 is 0 Å². The lowest BCUT2D eigenvalue weighted by atomic mass is 9.74. The molecule has 1 fully saturated rings. The molecule has 29 heavy (non-hydrogen) atoms. The van der Waals surface area contributed by atoms with Crippen LogP contribution in [-0.2, 0) is 21.4 Å². The first-order valence-electron chi connectivity index (χ1n) is 9.71. The van der Waals surface area contributed by atoms with Crippen molar-refractivity contribution in [2.75, 3.05) is 13.2 Å². The average Bonchev–Trinajstić information content (AvgIpc) is 2.69. The molecule has 1 saturated heterocycles. The van der Waals surface area contributed by atoms with E-state index >= 15 is 0 Å². The number of carbonyl (C=O) groups is 1. The van der Waals surface area contributed by atoms with Gasteiger partial charge in [0.15, 0.2) is 5.78 Å². The quantitative estimate of drug-likeness (QED) is 0.802. The van der Waals surface area contributed by atoms with E-state index in [0.717, 1.165) is 5.56 Å². The maximum atomic E-state index is 14.9. The second-order valence-corrected chi connectivity index (χ2v) is 7.86. The fourth-order valence-corrected chi connectivity index (χ4v) is 4.12. The number of aliphatic imine (C=N–C) groups is 1. The highest BCUT2D eigenvalue weighted by Gasteiger charge is 2.48. The summed E-state index contributed by atoms with van der Waals surface area (Å²) < 4.78 is 26.2. The molecule has 2 unspecified atom stereocenters. The fraction of sp³-hybridized carbons (Fsp3) is 0.409. The Labute approximate surface area is 169 Å². The third-order valence-electron chi connectivity index (χ3n) is 5.77. The minimum atomic E-state index is -0.932. The lowest BCUT2D eigenvalue weighted by Crippen LogP contribution is -2.52. The van der Waals surface area contributed by atoms with Gasteiger partial charge in [0.05, 0.1) is 18.8 Å². The summed E-state index contributed by atoms with van der Waals surface area (Å²) in [5.41, 5.74) is 7.45. The number of halogens is 1. The second-order valence-electron chi connectivity index (χ2n) is 7.86. The molecule has 152 valence electrons. The zero-order valence-electron chi connectivity index (χ0n) is 16.5. The van der Waals surface area contributed by atoms with E-state index in [1.54, 1.807) is 24.4 Å². The first-order valence-corrected chi connectivity index (χ1v) is 9.71. The molecule has 7 heteroatoms. The van der Waals surface area contributed by atoms with E-state index in [1.807, 2.05) is 19.9 Å². The van der Waals surface area contributed by atoms with Crippen molar-refractivity contribution >= 4 is 11.8 Å². The Morgan fingerprint density at radius 2 is 2.17 bits per heavy atom. The molecule has 0 aliphatic carbocycles. The van der Waals surface area contributed by atoms with Crippen LogP contribution < -0.4 is 5.73 Å². The molecule has 2 aliphatic rings. The number of rotatable bonds is 4. The predicted octanol–water partition coefficient (Wildman–Crippen LogP) is 2.92. The third-order valence-corrected chi connectivity index (χ3v) is 5.77. The zero-order chi connectivity index (χ0) is 20.6. The van der Waals surface area contributed by atoms with Gasteiger partial charge in [-0.3, -0.25) is 9.78 Å². The number of fused-ring (bicyclic) bond motifs is 1. The Morgan fingerprint density at radius 1 is 1.34 bits per heavy atom. The van der Waals surface area contributed by atoms with Crippen molar-refractivity contribution in [3.8, 4) is 0 Å². The monoisotopic (exact) mass is 397 g/mol. The topological polar surface area (TPSA) is 86.8 Å². The van der Waals surface area contributed by atoms with Crippen molar-refractivity contribution in [2.45, 2.75) is 38.3 Å². The molecule has 0 bridgehead atoms. The minimum Gasteiger partial charge on any atom is -0.462 e. The van der Waals surface area contributed by atoms with Gasteiger partial charge in [-0.15, -0.1) is 0 Å². The van der Waals surface area contributed by atoms with Crippen LogP contribution in [0.2, 0.25) is 0 Å². The summed E-state index contributed by atoms with van der Waals surface area (Å²) in [4.78, 5) is 21.3. The number of aromatic nitrogens is 1. The van der Waals surface area contributed by atoms with Crippen LogP contribution in [0, 0.1) is 18.7 Å². The minimum absolute atomic E-state index is 0.0559. The van der Waals surface area contributed by atoms with Gasteiger partial charge in [0.25, 0.3) is 6.02 Å². The molecule has 3 atom stereocenters. The zero-order valence-corrected chi connectivity index (χ0v) is 16.5. The summed E-state index contributed by atoms with van der Waals surface area (Å²) >= 11 is 0. The van der Waals surface area contributed by atoms with Gasteiger partial charge in [-0.1, -0.05) is 12.1 Å². The highest BCUT2D eigenvalue weighted by molar-refractivity contribution is 5.95. The first kappa shape index (κ1) is 19.5. The normalized spacial score (nSPS) is 26.2.